The van der Waals surface area contributed by atoms with Crippen molar-refractivity contribution in [3.05, 3.63) is 67.0 Å². The molecule has 0 heterocycles. The van der Waals surface area contributed by atoms with Gasteiger partial charge in [-0.2, -0.15) is 0 Å². The molecule has 3 aliphatic rings. The van der Waals surface area contributed by atoms with Crippen molar-refractivity contribution >= 4 is 39.5 Å². The molecule has 3 aliphatic carbocycles. The average Bonchev–Trinajstić information content (AvgIpc) is 3.98. The minimum Gasteiger partial charge on any atom is -0.446 e. The van der Waals surface area contributed by atoms with E-state index in [1.54, 1.807) is 63.2 Å². The average molecular weight is 712 g/mol. The molecular weight excluding hydrogens is 665 g/mol. The normalized spacial score (nSPS) is 21.6. The number of sulfonamides is 1. The number of halogens is 1. The van der Waals surface area contributed by atoms with Crippen LogP contribution in [-0.2, 0) is 29.1 Å². The molecule has 2 aromatic carbocycles. The number of rotatable bonds is 14. The predicted molar refractivity (Wildman–Crippen MR) is 187 cm³/mol. The zero-order chi connectivity index (χ0) is 36.3. The van der Waals surface area contributed by atoms with Gasteiger partial charge in [0.05, 0.1) is 5.25 Å². The van der Waals surface area contributed by atoms with Gasteiger partial charge >= 0.3 is 6.09 Å². The van der Waals surface area contributed by atoms with Crippen molar-refractivity contribution in [2.45, 2.75) is 94.7 Å². The van der Waals surface area contributed by atoms with Crippen molar-refractivity contribution in [1.82, 2.24) is 20.7 Å². The molecule has 5 rings (SSSR count). The van der Waals surface area contributed by atoms with E-state index in [1.807, 2.05) is 0 Å². The Hall–Kier alpha value is -4.46. The number of hydrogen-bond donors (Lipinski definition) is 5. The summed E-state index contributed by atoms with van der Waals surface area (Å²) in [6, 6.07) is 10.8. The lowest BCUT2D eigenvalue weighted by Gasteiger charge is -2.32. The lowest BCUT2D eigenvalue weighted by atomic mass is 9.86. The van der Waals surface area contributed by atoms with Gasteiger partial charge in [-0.15, -0.1) is 6.58 Å². The van der Waals surface area contributed by atoms with Gasteiger partial charge in [0.25, 0.3) is 5.91 Å². The summed E-state index contributed by atoms with van der Waals surface area (Å²) in [5.74, 6) is -3.19. The molecule has 50 heavy (non-hydrogen) atoms. The van der Waals surface area contributed by atoms with Gasteiger partial charge in [0.15, 0.2) is 0 Å². The van der Waals surface area contributed by atoms with Gasteiger partial charge in [-0.3, -0.25) is 19.1 Å². The maximum absolute atomic E-state index is 14.4. The molecule has 0 aromatic heterocycles. The summed E-state index contributed by atoms with van der Waals surface area (Å²) in [5.41, 5.74) is -0.750. The Morgan fingerprint density at radius 3 is 2.22 bits per heavy atom. The van der Waals surface area contributed by atoms with Crippen LogP contribution in [0.2, 0.25) is 0 Å². The van der Waals surface area contributed by atoms with Gasteiger partial charge in [0, 0.05) is 23.7 Å². The molecule has 0 bridgehead atoms. The van der Waals surface area contributed by atoms with E-state index in [0.29, 0.717) is 29.7 Å². The van der Waals surface area contributed by atoms with Crippen LogP contribution in [0.4, 0.5) is 14.9 Å². The molecule has 4 amide bonds. The van der Waals surface area contributed by atoms with Crippen molar-refractivity contribution in [2.24, 2.45) is 11.3 Å². The van der Waals surface area contributed by atoms with E-state index in [-0.39, 0.29) is 24.9 Å². The highest BCUT2D eigenvalue weighted by Gasteiger charge is 2.61. The first-order valence-electron chi connectivity index (χ1n) is 17.0. The van der Waals surface area contributed by atoms with E-state index < -0.39 is 68.0 Å². The second kappa shape index (κ2) is 14.8. The van der Waals surface area contributed by atoms with Crippen LogP contribution in [0.1, 0.15) is 65.7 Å². The summed E-state index contributed by atoms with van der Waals surface area (Å²) in [6.07, 6.45) is 4.94. The SMILES string of the molecule is C=C[C@@H]1C[C@]1(NC(=O)[C@H](CNc1ccc(-c2ccccc2F)cc1)NC(=O)C(NC(=O)OC1CCCC1)C(C)(C)C)C(=O)NS(=O)(=O)C1CC1. The fraction of sp³-hybridized carbons (Fsp3) is 0.500. The third-order valence-corrected chi connectivity index (χ3v) is 11.2. The summed E-state index contributed by atoms with van der Waals surface area (Å²) in [7, 11) is -3.90. The maximum atomic E-state index is 14.4. The van der Waals surface area contributed by atoms with Gasteiger partial charge in [-0.1, -0.05) is 57.2 Å². The van der Waals surface area contributed by atoms with Crippen molar-refractivity contribution in [3.8, 4) is 11.1 Å². The summed E-state index contributed by atoms with van der Waals surface area (Å²) in [6.45, 7) is 8.86. The van der Waals surface area contributed by atoms with Crippen molar-refractivity contribution < 1.29 is 36.7 Å². The van der Waals surface area contributed by atoms with E-state index in [9.17, 15) is 32.0 Å². The first-order valence-corrected chi connectivity index (χ1v) is 18.5. The molecule has 14 heteroatoms. The molecule has 1 unspecified atom stereocenters. The Kier molecular flexibility index (Phi) is 10.9. The highest BCUT2D eigenvalue weighted by Crippen LogP contribution is 2.45. The second-order valence-electron chi connectivity index (χ2n) is 14.4. The van der Waals surface area contributed by atoms with Crippen LogP contribution < -0.4 is 26.0 Å². The Labute approximate surface area is 292 Å². The molecule has 0 saturated heterocycles. The standard InChI is InChI=1S/C36H46FN5O7S/c1-5-23-20-36(23,33(45)42-50(47,48)26-18-19-26)41-31(43)29(21-38-24-16-14-22(15-17-24)27-12-8-9-13-28(27)37)39-32(44)30(35(2,3)4)40-34(46)49-25-10-6-7-11-25/h5,8-9,12-17,23,25-26,29-30,38H,1,6-7,10-11,18-21H2,2-4H3,(H,39,44)(H,40,46)(H,41,43)(H,42,45)/t23-,29+,30?,36-/m1/s1. The van der Waals surface area contributed by atoms with Crippen LogP contribution in [0.25, 0.3) is 11.1 Å². The Morgan fingerprint density at radius 2 is 1.64 bits per heavy atom. The molecule has 3 fully saturated rings. The summed E-state index contributed by atoms with van der Waals surface area (Å²) >= 11 is 0. The molecule has 4 atom stereocenters. The lowest BCUT2D eigenvalue weighted by molar-refractivity contribution is -0.133. The number of benzene rings is 2. The quantitative estimate of drug-likeness (QED) is 0.182. The van der Waals surface area contributed by atoms with E-state index in [1.165, 1.54) is 12.1 Å². The van der Waals surface area contributed by atoms with Gasteiger partial charge in [0.2, 0.25) is 21.8 Å². The molecule has 5 N–H and O–H groups in total. The highest BCUT2D eigenvalue weighted by atomic mass is 32.2. The summed E-state index contributed by atoms with van der Waals surface area (Å²) in [5, 5.41) is 10.6. The minimum atomic E-state index is -3.90. The van der Waals surface area contributed by atoms with Crippen LogP contribution in [0.5, 0.6) is 0 Å². The van der Waals surface area contributed by atoms with Crippen molar-refractivity contribution in [2.75, 3.05) is 11.9 Å². The third-order valence-electron chi connectivity index (χ3n) is 9.43. The van der Waals surface area contributed by atoms with Gasteiger partial charge in [0.1, 0.15) is 29.5 Å². The third kappa shape index (κ3) is 8.82. The van der Waals surface area contributed by atoms with Crippen LogP contribution >= 0.6 is 0 Å². The number of nitrogens with one attached hydrogen (secondary N) is 5. The molecule has 2 aromatic rings. The Bertz CT molecular complexity index is 1720. The van der Waals surface area contributed by atoms with Crippen LogP contribution in [0, 0.1) is 17.2 Å². The summed E-state index contributed by atoms with van der Waals surface area (Å²) in [4.78, 5) is 53.9. The highest BCUT2D eigenvalue weighted by molar-refractivity contribution is 7.91. The van der Waals surface area contributed by atoms with Crippen molar-refractivity contribution in [1.29, 1.82) is 0 Å². The van der Waals surface area contributed by atoms with Gasteiger partial charge < -0.3 is 26.0 Å². The van der Waals surface area contributed by atoms with Crippen molar-refractivity contribution in [3.63, 3.8) is 0 Å². The number of ether oxygens (including phenoxy) is 1. The Balaban J connectivity index is 1.34. The van der Waals surface area contributed by atoms with Crippen LogP contribution in [-0.4, -0.2) is 67.8 Å². The number of anilines is 1. The maximum Gasteiger partial charge on any atom is 0.408 e. The zero-order valence-corrected chi connectivity index (χ0v) is 29.4. The molecular formula is C36H46FN5O7S. The molecule has 0 spiro atoms. The first-order chi connectivity index (χ1) is 23.6. The molecule has 270 valence electrons. The fourth-order valence-corrected chi connectivity index (χ4v) is 7.52. The molecule has 0 aliphatic heterocycles. The fourth-order valence-electron chi connectivity index (χ4n) is 6.15. The van der Waals surface area contributed by atoms with E-state index in [2.05, 4.69) is 32.6 Å². The largest absolute Gasteiger partial charge is 0.446 e. The number of amides is 4. The van der Waals surface area contributed by atoms with E-state index in [4.69, 9.17) is 4.74 Å². The second-order valence-corrected chi connectivity index (χ2v) is 16.4. The number of alkyl carbamates (subject to hydrolysis) is 1. The van der Waals surface area contributed by atoms with E-state index >= 15 is 0 Å². The molecule has 0 radical (unpaired) electrons. The smallest absolute Gasteiger partial charge is 0.408 e. The van der Waals surface area contributed by atoms with E-state index in [0.717, 1.165) is 25.7 Å². The molecule has 12 nitrogen and oxygen atoms in total. The number of carbonyl (C=O) groups excluding carboxylic acids is 4. The topological polar surface area (TPSA) is 172 Å². The van der Waals surface area contributed by atoms with Gasteiger partial charge in [-0.05, 0) is 74.1 Å². The first kappa shape index (κ1) is 36.8. The van der Waals surface area contributed by atoms with Crippen LogP contribution in [0.3, 0.4) is 0 Å². The summed E-state index contributed by atoms with van der Waals surface area (Å²) < 4.78 is 47.2. The number of carbonyl (C=O) groups is 4. The van der Waals surface area contributed by atoms with Gasteiger partial charge in [-0.25, -0.2) is 17.6 Å². The molecule has 3 saturated carbocycles. The monoisotopic (exact) mass is 711 g/mol. The predicted octanol–water partition coefficient (Wildman–Crippen LogP) is 4.14. The zero-order valence-electron chi connectivity index (χ0n) is 28.6. The van der Waals surface area contributed by atoms with Crippen LogP contribution in [0.15, 0.2) is 61.2 Å². The Morgan fingerprint density at radius 1 is 0.980 bits per heavy atom. The lowest BCUT2D eigenvalue weighted by Crippen LogP contribution is -2.62. The minimum absolute atomic E-state index is 0.124. The number of hydrogen-bond acceptors (Lipinski definition) is 8.